The average molecular weight is 271 g/mol. The number of hydrogen-bond acceptors (Lipinski definition) is 6. The van der Waals surface area contributed by atoms with Crippen LogP contribution in [0.1, 0.15) is 6.92 Å². The first-order valence-electron chi connectivity index (χ1n) is 5.67. The predicted octanol–water partition coefficient (Wildman–Crippen LogP) is -0.109. The lowest BCUT2D eigenvalue weighted by Crippen LogP contribution is -2.39. The largest absolute Gasteiger partial charge is 0.383 e. The maximum absolute atomic E-state index is 11.7. The fourth-order valence-corrected chi connectivity index (χ4v) is 1.41. The number of carbonyl (C=O) groups is 1. The van der Waals surface area contributed by atoms with Crippen molar-refractivity contribution in [2.45, 2.75) is 13.0 Å². The molecule has 1 aromatic rings. The van der Waals surface area contributed by atoms with E-state index in [-0.39, 0.29) is 17.4 Å². The zero-order valence-corrected chi connectivity index (χ0v) is 11.0. The molecule has 1 heterocycles. The summed E-state index contributed by atoms with van der Waals surface area (Å²) in [6, 6.07) is -0.634. The molecule has 0 spiro atoms. The number of aromatic nitrogens is 2. The summed E-state index contributed by atoms with van der Waals surface area (Å²) >= 11 is 0. The molecule has 0 aliphatic heterocycles. The first-order chi connectivity index (χ1) is 8.95. The second kappa shape index (κ2) is 6.69. The third kappa shape index (κ3) is 4.21. The summed E-state index contributed by atoms with van der Waals surface area (Å²) in [4.78, 5) is 21.9. The van der Waals surface area contributed by atoms with Crippen LogP contribution in [0.15, 0.2) is 6.20 Å². The molecule has 0 saturated heterocycles. The number of nitro groups is 1. The molecular formula is C10H17N5O4. The summed E-state index contributed by atoms with van der Waals surface area (Å²) in [6.07, 6.45) is 1.28. The molecule has 1 atom stereocenters. The van der Waals surface area contributed by atoms with E-state index in [1.807, 2.05) is 0 Å². The van der Waals surface area contributed by atoms with Gasteiger partial charge in [-0.25, -0.2) is 0 Å². The maximum Gasteiger partial charge on any atom is 0.330 e. The molecule has 0 radical (unpaired) electrons. The van der Waals surface area contributed by atoms with Crippen molar-refractivity contribution in [1.29, 1.82) is 0 Å². The van der Waals surface area contributed by atoms with Crippen molar-refractivity contribution in [2.24, 2.45) is 7.05 Å². The molecule has 1 amide bonds. The van der Waals surface area contributed by atoms with Gasteiger partial charge in [0, 0.05) is 20.7 Å². The Kier molecular flexibility index (Phi) is 5.24. The van der Waals surface area contributed by atoms with Crippen LogP contribution in [0.3, 0.4) is 0 Å². The normalized spacial score (nSPS) is 11.9. The van der Waals surface area contributed by atoms with Gasteiger partial charge < -0.3 is 15.4 Å². The molecule has 1 rings (SSSR count). The number of nitrogens with zero attached hydrogens (tertiary/aromatic N) is 3. The van der Waals surface area contributed by atoms with E-state index in [9.17, 15) is 14.9 Å². The third-order valence-corrected chi connectivity index (χ3v) is 2.36. The number of aryl methyl sites for hydroxylation is 1. The standard InChI is InChI=1S/C10H17N5O4/c1-7(10(16)11-4-5-19-3)12-9-8(15(17)18)6-14(2)13-9/h6-7H,4-5H2,1-3H3,(H,11,16)(H,12,13). The number of ether oxygens (including phenoxy) is 1. The van der Waals surface area contributed by atoms with Gasteiger partial charge in [-0.05, 0) is 6.92 Å². The number of nitrogens with one attached hydrogen (secondary N) is 2. The molecule has 2 N–H and O–H groups in total. The van der Waals surface area contributed by atoms with Crippen molar-refractivity contribution in [2.75, 3.05) is 25.6 Å². The van der Waals surface area contributed by atoms with Crippen molar-refractivity contribution >= 4 is 17.4 Å². The van der Waals surface area contributed by atoms with Crippen LogP contribution >= 0.6 is 0 Å². The van der Waals surface area contributed by atoms with Gasteiger partial charge in [0.1, 0.15) is 12.2 Å². The molecule has 19 heavy (non-hydrogen) atoms. The highest BCUT2D eigenvalue weighted by atomic mass is 16.6. The van der Waals surface area contributed by atoms with E-state index < -0.39 is 11.0 Å². The molecule has 9 heteroatoms. The molecular weight excluding hydrogens is 254 g/mol. The van der Waals surface area contributed by atoms with E-state index in [4.69, 9.17) is 4.74 Å². The van der Waals surface area contributed by atoms with Crippen LogP contribution in [0.4, 0.5) is 11.5 Å². The predicted molar refractivity (Wildman–Crippen MR) is 67.8 cm³/mol. The van der Waals surface area contributed by atoms with E-state index in [0.29, 0.717) is 13.2 Å². The van der Waals surface area contributed by atoms with E-state index in [2.05, 4.69) is 15.7 Å². The molecule has 1 aromatic heterocycles. The molecule has 9 nitrogen and oxygen atoms in total. The Bertz CT molecular complexity index is 459. The first-order valence-corrected chi connectivity index (χ1v) is 5.67. The minimum Gasteiger partial charge on any atom is -0.383 e. The van der Waals surface area contributed by atoms with Crippen LogP contribution in [-0.4, -0.2) is 46.9 Å². The van der Waals surface area contributed by atoms with Gasteiger partial charge in [-0.3, -0.25) is 19.6 Å². The zero-order chi connectivity index (χ0) is 14.4. The van der Waals surface area contributed by atoms with Gasteiger partial charge in [-0.2, -0.15) is 0 Å². The number of methoxy groups -OCH3 is 1. The zero-order valence-electron chi connectivity index (χ0n) is 11.0. The Morgan fingerprint density at radius 3 is 2.95 bits per heavy atom. The minimum atomic E-state index is -0.634. The highest BCUT2D eigenvalue weighted by Crippen LogP contribution is 2.21. The number of rotatable bonds is 7. The fourth-order valence-electron chi connectivity index (χ4n) is 1.41. The summed E-state index contributed by atoms with van der Waals surface area (Å²) in [5, 5.41) is 20.0. The number of carbonyl (C=O) groups excluding carboxylic acids is 1. The quantitative estimate of drug-likeness (QED) is 0.406. The Hall–Kier alpha value is -2.16. The maximum atomic E-state index is 11.7. The van der Waals surface area contributed by atoms with Gasteiger partial charge >= 0.3 is 5.69 Å². The van der Waals surface area contributed by atoms with Gasteiger partial charge in [0.25, 0.3) is 0 Å². The summed E-state index contributed by atoms with van der Waals surface area (Å²) < 4.78 is 6.12. The summed E-state index contributed by atoms with van der Waals surface area (Å²) in [5.74, 6) is -0.209. The van der Waals surface area contributed by atoms with Gasteiger partial charge in [0.05, 0.1) is 11.5 Å². The molecule has 0 aliphatic rings. The van der Waals surface area contributed by atoms with E-state index in [1.54, 1.807) is 14.0 Å². The van der Waals surface area contributed by atoms with Gasteiger partial charge in [0.15, 0.2) is 0 Å². The highest BCUT2D eigenvalue weighted by Gasteiger charge is 2.22. The average Bonchev–Trinajstić information content (AvgIpc) is 2.70. The molecule has 0 fully saturated rings. The molecule has 0 saturated carbocycles. The number of anilines is 1. The van der Waals surface area contributed by atoms with Crippen molar-refractivity contribution in [3.63, 3.8) is 0 Å². The summed E-state index contributed by atoms with van der Waals surface area (Å²) in [7, 11) is 3.10. The molecule has 0 bridgehead atoms. The molecule has 106 valence electrons. The Morgan fingerprint density at radius 2 is 2.37 bits per heavy atom. The number of amides is 1. The van der Waals surface area contributed by atoms with Crippen LogP contribution < -0.4 is 10.6 Å². The van der Waals surface area contributed by atoms with E-state index in [1.165, 1.54) is 18.0 Å². The fraction of sp³-hybridized carbons (Fsp3) is 0.600. The molecule has 0 aromatic carbocycles. The lowest BCUT2D eigenvalue weighted by atomic mass is 10.3. The lowest BCUT2D eigenvalue weighted by molar-refractivity contribution is -0.384. The number of hydrogen-bond donors (Lipinski definition) is 2. The topological polar surface area (TPSA) is 111 Å². The Balaban J connectivity index is 2.63. The van der Waals surface area contributed by atoms with E-state index >= 15 is 0 Å². The van der Waals surface area contributed by atoms with Crippen LogP contribution in [-0.2, 0) is 16.6 Å². The van der Waals surface area contributed by atoms with Crippen LogP contribution in [0.2, 0.25) is 0 Å². The Labute approximate surface area is 110 Å². The monoisotopic (exact) mass is 271 g/mol. The van der Waals surface area contributed by atoms with E-state index in [0.717, 1.165) is 0 Å². The van der Waals surface area contributed by atoms with Crippen LogP contribution in [0.5, 0.6) is 0 Å². The first kappa shape index (κ1) is 14.9. The van der Waals surface area contributed by atoms with Gasteiger partial charge in [-0.15, -0.1) is 5.10 Å². The van der Waals surface area contributed by atoms with Gasteiger partial charge in [0.2, 0.25) is 11.7 Å². The van der Waals surface area contributed by atoms with Crippen molar-refractivity contribution in [3.8, 4) is 0 Å². The highest BCUT2D eigenvalue weighted by molar-refractivity contribution is 5.84. The second-order valence-electron chi connectivity index (χ2n) is 3.94. The van der Waals surface area contributed by atoms with Crippen LogP contribution in [0, 0.1) is 10.1 Å². The Morgan fingerprint density at radius 1 is 1.68 bits per heavy atom. The third-order valence-electron chi connectivity index (χ3n) is 2.36. The minimum absolute atomic E-state index is 0.0712. The van der Waals surface area contributed by atoms with Crippen molar-refractivity contribution in [1.82, 2.24) is 15.1 Å². The smallest absolute Gasteiger partial charge is 0.330 e. The van der Waals surface area contributed by atoms with Crippen molar-refractivity contribution in [3.05, 3.63) is 16.3 Å². The summed E-state index contributed by atoms with van der Waals surface area (Å²) in [5.41, 5.74) is -0.168. The summed E-state index contributed by atoms with van der Waals surface area (Å²) in [6.45, 7) is 2.38. The molecule has 1 unspecified atom stereocenters. The van der Waals surface area contributed by atoms with Gasteiger partial charge in [-0.1, -0.05) is 0 Å². The van der Waals surface area contributed by atoms with Crippen molar-refractivity contribution < 1.29 is 14.5 Å². The molecule has 0 aliphatic carbocycles. The SMILES string of the molecule is COCCNC(=O)C(C)Nc1nn(C)cc1[N+](=O)[O-]. The van der Waals surface area contributed by atoms with Crippen LogP contribution in [0.25, 0.3) is 0 Å². The lowest BCUT2D eigenvalue weighted by Gasteiger charge is -2.12. The second-order valence-corrected chi connectivity index (χ2v) is 3.94.